The van der Waals surface area contributed by atoms with E-state index in [-0.39, 0.29) is 5.41 Å². The first kappa shape index (κ1) is 19.1. The highest BCUT2D eigenvalue weighted by molar-refractivity contribution is 5.34. The third-order valence-electron chi connectivity index (χ3n) is 8.16. The van der Waals surface area contributed by atoms with Crippen LogP contribution in [0.5, 0.6) is 0 Å². The van der Waals surface area contributed by atoms with Crippen molar-refractivity contribution in [1.82, 2.24) is 4.90 Å². The smallest absolute Gasteiger partial charge is 0.131 e. The molecular weight excluding hydrogens is 334 g/mol. The minimum atomic E-state index is -0.803. The Morgan fingerprint density at radius 3 is 2.81 bits per heavy atom. The van der Waals surface area contributed by atoms with E-state index in [0.29, 0.717) is 5.92 Å². The zero-order chi connectivity index (χ0) is 19.2. The molecule has 27 heavy (non-hydrogen) atoms. The van der Waals surface area contributed by atoms with Crippen LogP contribution in [0.4, 0.5) is 0 Å². The van der Waals surface area contributed by atoms with Gasteiger partial charge in [-0.05, 0) is 82.9 Å². The lowest BCUT2D eigenvalue weighted by Gasteiger charge is -2.53. The summed E-state index contributed by atoms with van der Waals surface area (Å²) in [4.78, 5) is 2.07. The Morgan fingerprint density at radius 2 is 2.07 bits per heavy atom. The van der Waals surface area contributed by atoms with E-state index in [0.717, 1.165) is 56.2 Å². The first-order valence-electron chi connectivity index (χ1n) is 10.7. The lowest BCUT2D eigenvalue weighted by molar-refractivity contribution is -0.0708. The van der Waals surface area contributed by atoms with Crippen LogP contribution in [0.15, 0.2) is 23.0 Å². The Bertz CT molecular complexity index is 724. The fraction of sp³-hybridized carbons (Fsp3) is 0.750. The molecule has 0 aromatic rings. The molecule has 0 bridgehead atoms. The van der Waals surface area contributed by atoms with Crippen LogP contribution in [0.2, 0.25) is 0 Å². The second-order valence-electron chi connectivity index (χ2n) is 9.69. The Morgan fingerprint density at radius 1 is 1.26 bits per heavy atom. The molecule has 148 valence electrons. The minimum absolute atomic E-state index is 0.0479. The van der Waals surface area contributed by atoms with E-state index in [2.05, 4.69) is 29.7 Å². The highest BCUT2D eigenvalue weighted by Crippen LogP contribution is 2.64. The third kappa shape index (κ3) is 3.06. The molecule has 4 aliphatic carbocycles. The molecular formula is C24H35NO2. The summed E-state index contributed by atoms with van der Waals surface area (Å²) in [5.74, 6) is 9.78. The highest BCUT2D eigenvalue weighted by Gasteiger charge is 2.61. The number of hydrogen-bond donors (Lipinski definition) is 1. The van der Waals surface area contributed by atoms with Crippen LogP contribution in [-0.2, 0) is 4.74 Å². The fourth-order valence-electron chi connectivity index (χ4n) is 6.61. The summed E-state index contributed by atoms with van der Waals surface area (Å²) < 4.78 is 5.52. The SMILES string of the molecule is COC1=CCC2=C(CC[C@@H]3[C@@H]2CC[C@@]2(C)[C@H]3CC[C@@]2(O)C#CCN(C)C)C1. The molecule has 0 radical (unpaired) electrons. The normalized spacial score (nSPS) is 40.5. The molecule has 0 unspecified atom stereocenters. The summed E-state index contributed by atoms with van der Waals surface area (Å²) in [6, 6.07) is 0. The number of aliphatic hydroxyl groups is 1. The van der Waals surface area contributed by atoms with Crippen LogP contribution < -0.4 is 0 Å². The first-order chi connectivity index (χ1) is 12.9. The van der Waals surface area contributed by atoms with E-state index in [1.165, 1.54) is 19.3 Å². The number of nitrogens with zero attached hydrogens (tertiary/aromatic N) is 1. The summed E-state index contributed by atoms with van der Waals surface area (Å²) in [7, 11) is 5.86. The standard InChI is InChI=1S/C24H35NO2/c1-23-13-10-20-19-9-7-18(27-4)16-17(19)6-8-21(20)22(23)11-14-24(23,26)12-5-15-25(2)3/h7,20-22,26H,6,8-11,13-16H2,1-4H3/t20-,21-,22+,23+,24+/m1/s1. The largest absolute Gasteiger partial charge is 0.501 e. The maximum absolute atomic E-state index is 11.5. The van der Waals surface area contributed by atoms with Crippen molar-refractivity contribution in [2.45, 2.75) is 63.9 Å². The fourth-order valence-corrected chi connectivity index (χ4v) is 6.61. The van der Waals surface area contributed by atoms with Crippen molar-refractivity contribution in [2.24, 2.45) is 23.2 Å². The average Bonchev–Trinajstić information content (AvgIpc) is 2.92. The van der Waals surface area contributed by atoms with Crippen LogP contribution in [0.25, 0.3) is 0 Å². The van der Waals surface area contributed by atoms with Gasteiger partial charge in [0.05, 0.1) is 19.4 Å². The molecule has 0 saturated heterocycles. The van der Waals surface area contributed by atoms with E-state index < -0.39 is 5.60 Å². The molecule has 0 amide bonds. The van der Waals surface area contributed by atoms with Gasteiger partial charge in [0.2, 0.25) is 0 Å². The van der Waals surface area contributed by atoms with Gasteiger partial charge in [-0.2, -0.15) is 0 Å². The maximum Gasteiger partial charge on any atom is 0.131 e. The van der Waals surface area contributed by atoms with Crippen LogP contribution in [0.1, 0.15) is 58.3 Å². The van der Waals surface area contributed by atoms with Gasteiger partial charge in [0.1, 0.15) is 5.60 Å². The number of ether oxygens (including phenoxy) is 1. The number of rotatable bonds is 2. The maximum atomic E-state index is 11.5. The van der Waals surface area contributed by atoms with E-state index >= 15 is 0 Å². The molecule has 0 spiro atoms. The molecule has 4 aliphatic rings. The Balaban J connectivity index is 1.56. The average molecular weight is 370 g/mol. The Labute approximate surface area is 164 Å². The zero-order valence-electron chi connectivity index (χ0n) is 17.5. The van der Waals surface area contributed by atoms with E-state index in [9.17, 15) is 5.11 Å². The van der Waals surface area contributed by atoms with Gasteiger partial charge in [-0.15, -0.1) is 0 Å². The summed E-state index contributed by atoms with van der Waals surface area (Å²) in [5.41, 5.74) is 2.51. The van der Waals surface area contributed by atoms with Crippen LogP contribution >= 0.6 is 0 Å². The van der Waals surface area contributed by atoms with Crippen molar-refractivity contribution in [2.75, 3.05) is 27.7 Å². The van der Waals surface area contributed by atoms with Crippen LogP contribution in [-0.4, -0.2) is 43.4 Å². The predicted octanol–water partition coefficient (Wildman–Crippen LogP) is 4.14. The second-order valence-corrected chi connectivity index (χ2v) is 9.69. The Kier molecular flexibility index (Phi) is 4.93. The molecule has 0 heterocycles. The van der Waals surface area contributed by atoms with Crippen molar-refractivity contribution in [1.29, 1.82) is 0 Å². The summed E-state index contributed by atoms with van der Waals surface area (Å²) >= 11 is 0. The number of allylic oxidation sites excluding steroid dienone is 3. The molecule has 5 atom stereocenters. The minimum Gasteiger partial charge on any atom is -0.501 e. The number of fused-ring (bicyclic) bond motifs is 4. The molecule has 2 saturated carbocycles. The van der Waals surface area contributed by atoms with Gasteiger partial charge in [-0.25, -0.2) is 0 Å². The molecule has 3 nitrogen and oxygen atoms in total. The number of methoxy groups -OCH3 is 1. The van der Waals surface area contributed by atoms with Gasteiger partial charge in [-0.1, -0.05) is 29.9 Å². The lowest BCUT2D eigenvalue weighted by atomic mass is 9.52. The molecule has 0 aliphatic heterocycles. The molecule has 0 aromatic heterocycles. The predicted molar refractivity (Wildman–Crippen MR) is 109 cm³/mol. The van der Waals surface area contributed by atoms with E-state index in [1.54, 1.807) is 18.3 Å². The van der Waals surface area contributed by atoms with Gasteiger partial charge in [0.15, 0.2) is 0 Å². The number of hydrogen-bond acceptors (Lipinski definition) is 3. The molecule has 3 heteroatoms. The van der Waals surface area contributed by atoms with Gasteiger partial charge < -0.3 is 9.84 Å². The van der Waals surface area contributed by atoms with Crippen molar-refractivity contribution < 1.29 is 9.84 Å². The van der Waals surface area contributed by atoms with Crippen LogP contribution in [0, 0.1) is 35.0 Å². The summed E-state index contributed by atoms with van der Waals surface area (Å²) in [6.45, 7) is 3.05. The van der Waals surface area contributed by atoms with Gasteiger partial charge >= 0.3 is 0 Å². The molecule has 1 N–H and O–H groups in total. The second kappa shape index (κ2) is 6.98. The lowest BCUT2D eigenvalue weighted by Crippen LogP contribution is -2.50. The van der Waals surface area contributed by atoms with Gasteiger partial charge in [-0.3, -0.25) is 4.90 Å². The Hall–Kier alpha value is -1.24. The van der Waals surface area contributed by atoms with Crippen molar-refractivity contribution in [3.8, 4) is 11.8 Å². The van der Waals surface area contributed by atoms with E-state index in [1.807, 2.05) is 14.1 Å². The van der Waals surface area contributed by atoms with Crippen molar-refractivity contribution >= 4 is 0 Å². The molecule has 4 rings (SSSR count). The molecule has 0 aromatic carbocycles. The topological polar surface area (TPSA) is 32.7 Å². The van der Waals surface area contributed by atoms with Gasteiger partial charge in [0.25, 0.3) is 0 Å². The third-order valence-corrected chi connectivity index (χ3v) is 8.16. The van der Waals surface area contributed by atoms with Crippen molar-refractivity contribution in [3.05, 3.63) is 23.0 Å². The van der Waals surface area contributed by atoms with Crippen molar-refractivity contribution in [3.63, 3.8) is 0 Å². The summed E-state index contributed by atoms with van der Waals surface area (Å²) in [5, 5.41) is 11.5. The van der Waals surface area contributed by atoms with Crippen LogP contribution in [0.3, 0.4) is 0 Å². The first-order valence-corrected chi connectivity index (χ1v) is 10.7. The van der Waals surface area contributed by atoms with Gasteiger partial charge in [0, 0.05) is 11.8 Å². The molecule has 2 fully saturated rings. The van der Waals surface area contributed by atoms with E-state index in [4.69, 9.17) is 4.74 Å². The highest BCUT2D eigenvalue weighted by atomic mass is 16.5. The zero-order valence-corrected chi connectivity index (χ0v) is 17.5. The summed E-state index contributed by atoms with van der Waals surface area (Å²) in [6.07, 6.45) is 11.2. The monoisotopic (exact) mass is 369 g/mol. The quantitative estimate of drug-likeness (QED) is 0.586.